The van der Waals surface area contributed by atoms with Crippen molar-refractivity contribution in [1.82, 2.24) is 5.32 Å². The van der Waals surface area contributed by atoms with E-state index in [2.05, 4.69) is 28.2 Å². The Morgan fingerprint density at radius 3 is 2.70 bits per heavy atom. The summed E-state index contributed by atoms with van der Waals surface area (Å²) in [5, 5.41) is 14.2. The van der Waals surface area contributed by atoms with Gasteiger partial charge < -0.3 is 10.4 Å². The van der Waals surface area contributed by atoms with E-state index in [4.69, 9.17) is 0 Å². The van der Waals surface area contributed by atoms with Gasteiger partial charge in [0.05, 0.1) is 5.60 Å². The van der Waals surface area contributed by atoms with Crippen molar-refractivity contribution in [2.45, 2.75) is 57.1 Å². The predicted molar refractivity (Wildman–Crippen MR) is 83.3 cm³/mol. The van der Waals surface area contributed by atoms with Crippen molar-refractivity contribution in [3.63, 3.8) is 0 Å². The van der Waals surface area contributed by atoms with Gasteiger partial charge in [-0.05, 0) is 56.3 Å². The van der Waals surface area contributed by atoms with Gasteiger partial charge in [0.2, 0.25) is 0 Å². The van der Waals surface area contributed by atoms with Crippen LogP contribution in [0.25, 0.3) is 0 Å². The van der Waals surface area contributed by atoms with Gasteiger partial charge in [-0.3, -0.25) is 0 Å². The second-order valence-corrected chi connectivity index (χ2v) is 6.78. The average molecular weight is 344 g/mol. The molecule has 0 aromatic heterocycles. The molecule has 2 N–H and O–H groups in total. The highest BCUT2D eigenvalue weighted by Crippen LogP contribution is 2.32. The summed E-state index contributed by atoms with van der Waals surface area (Å²) in [7, 11) is 0. The Bertz CT molecular complexity index is 444. The number of rotatable bonds is 5. The molecule has 0 atom stereocenters. The van der Waals surface area contributed by atoms with Crippen LogP contribution in [0.5, 0.6) is 0 Å². The van der Waals surface area contributed by atoms with Crippen LogP contribution in [-0.4, -0.2) is 23.3 Å². The largest absolute Gasteiger partial charge is 0.390 e. The zero-order chi connectivity index (χ0) is 14.6. The molecule has 1 aliphatic carbocycles. The lowest BCUT2D eigenvalue weighted by Crippen LogP contribution is -2.42. The topological polar surface area (TPSA) is 32.3 Å². The molecule has 1 aromatic rings. The summed E-state index contributed by atoms with van der Waals surface area (Å²) in [6.07, 6.45) is 4.95. The van der Waals surface area contributed by atoms with Gasteiger partial charge in [0.1, 0.15) is 5.82 Å². The average Bonchev–Trinajstić information content (AvgIpc) is 2.42. The summed E-state index contributed by atoms with van der Waals surface area (Å²) in [6.45, 7) is 3.19. The maximum Gasteiger partial charge on any atom is 0.127 e. The number of benzene rings is 1. The molecule has 1 fully saturated rings. The Kier molecular flexibility index (Phi) is 5.58. The first kappa shape index (κ1) is 15.9. The summed E-state index contributed by atoms with van der Waals surface area (Å²) in [5.41, 5.74) is -0.144. The third-order valence-electron chi connectivity index (χ3n) is 4.13. The normalized spacial score (nSPS) is 26.7. The summed E-state index contributed by atoms with van der Waals surface area (Å²) >= 11 is 3.26. The van der Waals surface area contributed by atoms with E-state index in [-0.39, 0.29) is 5.82 Å². The zero-order valence-electron chi connectivity index (χ0n) is 12.0. The van der Waals surface area contributed by atoms with Crippen molar-refractivity contribution >= 4 is 15.9 Å². The van der Waals surface area contributed by atoms with Crippen molar-refractivity contribution in [3.8, 4) is 0 Å². The summed E-state index contributed by atoms with van der Waals surface area (Å²) in [5.74, 6) is -0.237. The van der Waals surface area contributed by atoms with Crippen molar-refractivity contribution in [2.75, 3.05) is 6.54 Å². The van der Waals surface area contributed by atoms with Crippen molar-refractivity contribution in [3.05, 3.63) is 34.1 Å². The first-order valence-electron chi connectivity index (χ1n) is 7.42. The van der Waals surface area contributed by atoms with Gasteiger partial charge in [0.15, 0.2) is 0 Å². The van der Waals surface area contributed by atoms with Crippen LogP contribution in [0.4, 0.5) is 4.39 Å². The summed E-state index contributed by atoms with van der Waals surface area (Å²) < 4.78 is 14.6. The highest BCUT2D eigenvalue weighted by atomic mass is 79.9. The second-order valence-electron chi connectivity index (χ2n) is 5.87. The standard InChI is InChI=1S/C16H23BrFNO/c1-2-9-19-14-5-7-16(20,8-6-14)11-12-3-4-13(17)10-15(12)18/h3-4,10,14,19-20H,2,5-9,11H2,1H3. The van der Waals surface area contributed by atoms with Crippen LogP contribution in [0.15, 0.2) is 22.7 Å². The lowest BCUT2D eigenvalue weighted by atomic mass is 9.78. The van der Waals surface area contributed by atoms with Crippen LogP contribution in [0.1, 0.15) is 44.6 Å². The van der Waals surface area contributed by atoms with Gasteiger partial charge in [-0.1, -0.05) is 28.9 Å². The third kappa shape index (κ3) is 4.27. The Hall–Kier alpha value is -0.450. The highest BCUT2D eigenvalue weighted by molar-refractivity contribution is 9.10. The molecule has 1 aromatic carbocycles. The van der Waals surface area contributed by atoms with Crippen LogP contribution in [0, 0.1) is 5.82 Å². The molecule has 1 saturated carbocycles. The highest BCUT2D eigenvalue weighted by Gasteiger charge is 2.33. The van der Waals surface area contributed by atoms with Gasteiger partial charge in [0, 0.05) is 16.9 Å². The Balaban J connectivity index is 1.93. The van der Waals surface area contributed by atoms with E-state index in [0.717, 1.165) is 43.1 Å². The molecule has 0 aliphatic heterocycles. The fourth-order valence-corrected chi connectivity index (χ4v) is 3.24. The van der Waals surface area contributed by atoms with Crippen LogP contribution >= 0.6 is 15.9 Å². The first-order chi connectivity index (χ1) is 9.52. The van der Waals surface area contributed by atoms with Crippen molar-refractivity contribution in [2.24, 2.45) is 0 Å². The first-order valence-corrected chi connectivity index (χ1v) is 8.21. The molecule has 0 heterocycles. The quantitative estimate of drug-likeness (QED) is 0.852. The molecule has 0 radical (unpaired) electrons. The van der Waals surface area contributed by atoms with E-state index >= 15 is 0 Å². The number of halogens is 2. The van der Waals surface area contributed by atoms with E-state index in [9.17, 15) is 9.50 Å². The molecule has 0 amide bonds. The minimum absolute atomic E-state index is 0.237. The SMILES string of the molecule is CCCNC1CCC(O)(Cc2ccc(Br)cc2F)CC1. The van der Waals surface area contributed by atoms with Crippen LogP contribution in [0.2, 0.25) is 0 Å². The molecule has 2 nitrogen and oxygen atoms in total. The van der Waals surface area contributed by atoms with E-state index < -0.39 is 5.60 Å². The Morgan fingerprint density at radius 1 is 1.40 bits per heavy atom. The molecule has 112 valence electrons. The van der Waals surface area contributed by atoms with E-state index in [1.807, 2.05) is 6.07 Å². The van der Waals surface area contributed by atoms with E-state index in [0.29, 0.717) is 18.0 Å². The third-order valence-corrected chi connectivity index (χ3v) is 4.63. The molecule has 0 saturated heterocycles. The predicted octanol–water partition coefficient (Wildman–Crippen LogP) is 3.80. The van der Waals surface area contributed by atoms with Gasteiger partial charge in [-0.2, -0.15) is 0 Å². The number of hydrogen-bond acceptors (Lipinski definition) is 2. The van der Waals surface area contributed by atoms with Gasteiger partial charge >= 0.3 is 0 Å². The number of hydrogen-bond donors (Lipinski definition) is 2. The summed E-state index contributed by atoms with van der Waals surface area (Å²) in [6, 6.07) is 5.56. The van der Waals surface area contributed by atoms with E-state index in [1.54, 1.807) is 6.07 Å². The molecule has 2 rings (SSSR count). The van der Waals surface area contributed by atoms with E-state index in [1.165, 1.54) is 6.07 Å². The fraction of sp³-hybridized carbons (Fsp3) is 0.625. The maximum absolute atomic E-state index is 13.9. The minimum atomic E-state index is -0.751. The van der Waals surface area contributed by atoms with Gasteiger partial charge in [0.25, 0.3) is 0 Å². The van der Waals surface area contributed by atoms with Gasteiger partial charge in [-0.15, -0.1) is 0 Å². The molecule has 0 spiro atoms. The zero-order valence-corrected chi connectivity index (χ0v) is 13.5. The molecule has 0 bridgehead atoms. The molecule has 0 unspecified atom stereocenters. The summed E-state index contributed by atoms with van der Waals surface area (Å²) in [4.78, 5) is 0. The lowest BCUT2D eigenvalue weighted by Gasteiger charge is -2.36. The molecule has 1 aliphatic rings. The van der Waals surface area contributed by atoms with Crippen molar-refractivity contribution < 1.29 is 9.50 Å². The Labute approximate surface area is 128 Å². The van der Waals surface area contributed by atoms with Gasteiger partial charge in [-0.25, -0.2) is 4.39 Å². The number of aliphatic hydroxyl groups is 1. The van der Waals surface area contributed by atoms with Crippen molar-refractivity contribution in [1.29, 1.82) is 0 Å². The second kappa shape index (κ2) is 7.01. The molecule has 20 heavy (non-hydrogen) atoms. The minimum Gasteiger partial charge on any atom is -0.390 e. The molecular formula is C16H23BrFNO. The fourth-order valence-electron chi connectivity index (χ4n) is 2.90. The van der Waals surface area contributed by atoms with Crippen LogP contribution in [0.3, 0.4) is 0 Å². The molecule has 4 heteroatoms. The van der Waals surface area contributed by atoms with Crippen LogP contribution in [-0.2, 0) is 6.42 Å². The Morgan fingerprint density at radius 2 is 2.10 bits per heavy atom. The smallest absolute Gasteiger partial charge is 0.127 e. The number of nitrogens with one attached hydrogen (secondary N) is 1. The monoisotopic (exact) mass is 343 g/mol. The molecular weight excluding hydrogens is 321 g/mol. The lowest BCUT2D eigenvalue weighted by molar-refractivity contribution is -0.00371. The maximum atomic E-state index is 13.9. The van der Waals surface area contributed by atoms with Crippen LogP contribution < -0.4 is 5.32 Å².